The number of imidazole rings is 1. The molecule has 39 heavy (non-hydrogen) atoms. The fraction of sp³-hybridized carbons (Fsp3) is 0.167. The lowest BCUT2D eigenvalue weighted by Gasteiger charge is -2.13. The van der Waals surface area contributed by atoms with Crippen LogP contribution in [0.2, 0.25) is 0 Å². The third kappa shape index (κ3) is 5.60. The van der Waals surface area contributed by atoms with E-state index in [2.05, 4.69) is 47.2 Å². The summed E-state index contributed by atoms with van der Waals surface area (Å²) in [6.07, 6.45) is 3.75. The van der Waals surface area contributed by atoms with Crippen LogP contribution in [0.3, 0.4) is 0 Å². The molecule has 0 aliphatic carbocycles. The van der Waals surface area contributed by atoms with Gasteiger partial charge in [0.15, 0.2) is 0 Å². The first-order valence-corrected chi connectivity index (χ1v) is 15.0. The maximum Gasteiger partial charge on any atom is 0.266 e. The van der Waals surface area contributed by atoms with Crippen molar-refractivity contribution in [3.8, 4) is 11.1 Å². The number of hydrogen-bond donors (Lipinski definition) is 1. The van der Waals surface area contributed by atoms with Gasteiger partial charge in [-0.15, -0.1) is 0 Å². The van der Waals surface area contributed by atoms with Crippen molar-refractivity contribution in [1.82, 2.24) is 19.3 Å². The number of halogens is 1. The lowest BCUT2D eigenvalue weighted by molar-refractivity contribution is 0.0981. The van der Waals surface area contributed by atoms with Crippen molar-refractivity contribution in [2.45, 2.75) is 38.6 Å². The standard InChI is InChI=1S/C30H27IN4O3S/c1-4-28-33-29-20(3)13-19(2)14-26(29)35(28)18-21-9-11-22(12-10-21)25-7-5-6-8-27(25)39(37,38)34-30(36)23-15-24(31)17-32-16-23/h5-17H,4,18H2,1-3H3,(H,34,36). The molecule has 0 unspecified atom stereocenters. The molecule has 0 fully saturated rings. The Kier molecular flexibility index (Phi) is 7.55. The Balaban J connectivity index is 1.44. The van der Waals surface area contributed by atoms with E-state index in [1.54, 1.807) is 30.5 Å². The van der Waals surface area contributed by atoms with E-state index >= 15 is 0 Å². The van der Waals surface area contributed by atoms with Crippen molar-refractivity contribution in [1.29, 1.82) is 0 Å². The first-order valence-electron chi connectivity index (χ1n) is 12.5. The van der Waals surface area contributed by atoms with Gasteiger partial charge < -0.3 is 4.57 Å². The van der Waals surface area contributed by atoms with Gasteiger partial charge in [-0.25, -0.2) is 18.1 Å². The Morgan fingerprint density at radius 3 is 2.46 bits per heavy atom. The Labute approximate surface area is 241 Å². The van der Waals surface area contributed by atoms with Gasteiger partial charge in [0.1, 0.15) is 5.82 Å². The number of amides is 1. The molecular formula is C30H27IN4O3S. The van der Waals surface area contributed by atoms with E-state index < -0.39 is 15.9 Å². The summed E-state index contributed by atoms with van der Waals surface area (Å²) in [5, 5.41) is 0. The van der Waals surface area contributed by atoms with E-state index in [1.807, 2.05) is 46.9 Å². The van der Waals surface area contributed by atoms with E-state index in [9.17, 15) is 13.2 Å². The summed E-state index contributed by atoms with van der Waals surface area (Å²) < 4.78 is 31.7. The molecule has 0 saturated carbocycles. The number of sulfonamides is 1. The third-order valence-electron chi connectivity index (χ3n) is 6.56. The number of benzene rings is 3. The molecule has 2 aromatic heterocycles. The number of nitrogens with zero attached hydrogens (tertiary/aromatic N) is 3. The highest BCUT2D eigenvalue weighted by Gasteiger charge is 2.23. The van der Waals surface area contributed by atoms with Gasteiger partial charge in [-0.2, -0.15) is 0 Å². The SMILES string of the molecule is CCc1nc2c(C)cc(C)cc2n1Cc1ccc(-c2ccccc2S(=O)(=O)NC(=O)c2cncc(I)c2)cc1. The van der Waals surface area contributed by atoms with Gasteiger partial charge in [0.2, 0.25) is 0 Å². The van der Waals surface area contributed by atoms with Crippen LogP contribution in [0.25, 0.3) is 22.2 Å². The Hall–Kier alpha value is -3.57. The zero-order valence-corrected chi connectivity index (χ0v) is 24.7. The summed E-state index contributed by atoms with van der Waals surface area (Å²) in [5.41, 5.74) is 7.00. The highest BCUT2D eigenvalue weighted by molar-refractivity contribution is 14.1. The number of pyridine rings is 1. The topological polar surface area (TPSA) is 94.0 Å². The number of aromatic nitrogens is 3. The summed E-state index contributed by atoms with van der Waals surface area (Å²) >= 11 is 2.02. The molecule has 0 atom stereocenters. The van der Waals surface area contributed by atoms with Gasteiger partial charge in [0, 0.05) is 34.5 Å². The normalized spacial score (nSPS) is 11.6. The van der Waals surface area contributed by atoms with E-state index in [-0.39, 0.29) is 10.5 Å². The summed E-state index contributed by atoms with van der Waals surface area (Å²) in [4.78, 5) is 21.6. The summed E-state index contributed by atoms with van der Waals surface area (Å²) in [6.45, 7) is 6.94. The Morgan fingerprint density at radius 1 is 1.00 bits per heavy atom. The molecule has 9 heteroatoms. The molecule has 0 aliphatic rings. The summed E-state index contributed by atoms with van der Waals surface area (Å²) in [5.74, 6) is 0.300. The molecule has 7 nitrogen and oxygen atoms in total. The van der Waals surface area contributed by atoms with Crippen LogP contribution >= 0.6 is 22.6 Å². The third-order valence-corrected chi connectivity index (χ3v) is 8.54. The summed E-state index contributed by atoms with van der Waals surface area (Å²) in [6, 6.07) is 20.4. The van der Waals surface area contributed by atoms with Crippen molar-refractivity contribution >= 4 is 49.6 Å². The lowest BCUT2D eigenvalue weighted by Crippen LogP contribution is -2.31. The van der Waals surface area contributed by atoms with Crippen LogP contribution in [0.1, 0.15) is 39.8 Å². The van der Waals surface area contributed by atoms with Gasteiger partial charge in [-0.1, -0.05) is 55.5 Å². The molecule has 198 valence electrons. The predicted molar refractivity (Wildman–Crippen MR) is 161 cm³/mol. The molecular weight excluding hydrogens is 623 g/mol. The zero-order chi connectivity index (χ0) is 27.7. The van der Waals surface area contributed by atoms with Crippen LogP contribution in [0.5, 0.6) is 0 Å². The predicted octanol–water partition coefficient (Wildman–Crippen LogP) is 6.05. The first kappa shape index (κ1) is 27.0. The van der Waals surface area contributed by atoms with Crippen molar-refractivity contribution < 1.29 is 13.2 Å². The number of carbonyl (C=O) groups is 1. The Bertz CT molecular complexity index is 1810. The van der Waals surface area contributed by atoms with Crippen LogP contribution in [-0.2, 0) is 23.0 Å². The molecule has 0 saturated heterocycles. The number of fused-ring (bicyclic) bond motifs is 1. The minimum absolute atomic E-state index is 0.0320. The average molecular weight is 651 g/mol. The van der Waals surface area contributed by atoms with Gasteiger partial charge in [-0.3, -0.25) is 9.78 Å². The fourth-order valence-electron chi connectivity index (χ4n) is 4.75. The zero-order valence-electron chi connectivity index (χ0n) is 21.8. The monoisotopic (exact) mass is 650 g/mol. The van der Waals surface area contributed by atoms with Gasteiger partial charge >= 0.3 is 0 Å². The van der Waals surface area contributed by atoms with Crippen LogP contribution in [-0.4, -0.2) is 28.9 Å². The maximum atomic E-state index is 13.3. The maximum absolute atomic E-state index is 13.3. The van der Waals surface area contributed by atoms with Gasteiger partial charge in [0.05, 0.1) is 21.5 Å². The average Bonchev–Trinajstić information content (AvgIpc) is 3.26. The fourth-order valence-corrected chi connectivity index (χ4v) is 6.45. The highest BCUT2D eigenvalue weighted by atomic mass is 127. The molecule has 0 bridgehead atoms. The van der Waals surface area contributed by atoms with Crippen molar-refractivity contribution in [2.75, 3.05) is 0 Å². The smallest absolute Gasteiger partial charge is 0.266 e. The van der Waals surface area contributed by atoms with Crippen molar-refractivity contribution in [3.05, 3.63) is 111 Å². The second-order valence-electron chi connectivity index (χ2n) is 9.44. The van der Waals surface area contributed by atoms with Crippen LogP contribution in [0, 0.1) is 17.4 Å². The number of nitrogens with one attached hydrogen (secondary N) is 1. The molecule has 1 amide bonds. The minimum atomic E-state index is -4.13. The number of aryl methyl sites for hydroxylation is 3. The second-order valence-corrected chi connectivity index (χ2v) is 12.3. The second kappa shape index (κ2) is 10.9. The van der Waals surface area contributed by atoms with Crippen molar-refractivity contribution in [3.63, 3.8) is 0 Å². The van der Waals surface area contributed by atoms with E-state index in [1.165, 1.54) is 17.8 Å². The Morgan fingerprint density at radius 2 is 1.74 bits per heavy atom. The molecule has 2 heterocycles. The quantitative estimate of drug-likeness (QED) is 0.217. The van der Waals surface area contributed by atoms with Crippen LogP contribution in [0.4, 0.5) is 0 Å². The molecule has 3 aromatic carbocycles. The van der Waals surface area contributed by atoms with Crippen LogP contribution in [0.15, 0.2) is 84.0 Å². The van der Waals surface area contributed by atoms with E-state index in [0.717, 1.165) is 43.5 Å². The number of carbonyl (C=O) groups excluding carboxylic acids is 1. The van der Waals surface area contributed by atoms with Gasteiger partial charge in [0.25, 0.3) is 15.9 Å². The van der Waals surface area contributed by atoms with E-state index in [0.29, 0.717) is 12.1 Å². The summed E-state index contributed by atoms with van der Waals surface area (Å²) in [7, 11) is -4.13. The van der Waals surface area contributed by atoms with E-state index in [4.69, 9.17) is 4.98 Å². The first-order chi connectivity index (χ1) is 18.7. The van der Waals surface area contributed by atoms with Crippen molar-refractivity contribution in [2.24, 2.45) is 0 Å². The van der Waals surface area contributed by atoms with Gasteiger partial charge in [-0.05, 0) is 76.9 Å². The highest BCUT2D eigenvalue weighted by Crippen LogP contribution is 2.29. The largest absolute Gasteiger partial charge is 0.323 e. The number of rotatable bonds is 7. The molecule has 0 aliphatic heterocycles. The molecule has 1 N–H and O–H groups in total. The lowest BCUT2D eigenvalue weighted by atomic mass is 10.0. The molecule has 5 aromatic rings. The molecule has 0 spiro atoms. The number of hydrogen-bond acceptors (Lipinski definition) is 5. The molecule has 5 rings (SSSR count). The molecule has 0 radical (unpaired) electrons. The minimum Gasteiger partial charge on any atom is -0.323 e. The van der Waals surface area contributed by atoms with Crippen LogP contribution < -0.4 is 4.72 Å².